The zero-order chi connectivity index (χ0) is 20.6. The minimum absolute atomic E-state index is 0.155. The van der Waals surface area contributed by atoms with Crippen LogP contribution >= 0.6 is 0 Å². The molecule has 2 amide bonds. The van der Waals surface area contributed by atoms with E-state index in [0.29, 0.717) is 23.7 Å². The predicted octanol–water partition coefficient (Wildman–Crippen LogP) is 3.31. The number of hydrogen-bond donors (Lipinski definition) is 3. The SMILES string of the molecule is COc1ccc(CNc2cnc(C(=O)Nc3ccc(NC(C)=O)cc3)cn2)cc1. The van der Waals surface area contributed by atoms with Crippen LogP contribution in [0.5, 0.6) is 5.75 Å². The van der Waals surface area contributed by atoms with Gasteiger partial charge in [-0.05, 0) is 42.0 Å². The van der Waals surface area contributed by atoms with Gasteiger partial charge in [0.25, 0.3) is 5.91 Å². The highest BCUT2D eigenvalue weighted by molar-refractivity contribution is 6.02. The number of nitrogens with one attached hydrogen (secondary N) is 3. The zero-order valence-electron chi connectivity index (χ0n) is 16.1. The van der Waals surface area contributed by atoms with E-state index >= 15 is 0 Å². The maximum Gasteiger partial charge on any atom is 0.275 e. The van der Waals surface area contributed by atoms with E-state index in [1.807, 2.05) is 24.3 Å². The molecule has 0 aliphatic heterocycles. The minimum atomic E-state index is -0.369. The minimum Gasteiger partial charge on any atom is -0.497 e. The summed E-state index contributed by atoms with van der Waals surface area (Å²) in [5.74, 6) is 0.843. The van der Waals surface area contributed by atoms with Crippen LogP contribution < -0.4 is 20.7 Å². The van der Waals surface area contributed by atoms with Gasteiger partial charge in [0.05, 0.1) is 19.5 Å². The molecule has 0 spiro atoms. The van der Waals surface area contributed by atoms with Gasteiger partial charge in [0, 0.05) is 24.8 Å². The highest BCUT2D eigenvalue weighted by Gasteiger charge is 2.09. The fourth-order valence-corrected chi connectivity index (χ4v) is 2.51. The number of anilines is 3. The molecule has 0 aliphatic rings. The molecule has 0 saturated heterocycles. The summed E-state index contributed by atoms with van der Waals surface area (Å²) in [4.78, 5) is 31.7. The third kappa shape index (κ3) is 5.77. The van der Waals surface area contributed by atoms with Crippen LogP contribution in [0.25, 0.3) is 0 Å². The summed E-state index contributed by atoms with van der Waals surface area (Å²) < 4.78 is 5.13. The lowest BCUT2D eigenvalue weighted by atomic mass is 10.2. The van der Waals surface area contributed by atoms with Gasteiger partial charge in [-0.3, -0.25) is 9.59 Å². The summed E-state index contributed by atoms with van der Waals surface area (Å²) in [6.07, 6.45) is 2.93. The van der Waals surface area contributed by atoms with Crippen molar-refractivity contribution >= 4 is 29.0 Å². The normalized spacial score (nSPS) is 10.1. The molecule has 0 atom stereocenters. The number of aromatic nitrogens is 2. The number of rotatable bonds is 7. The zero-order valence-corrected chi connectivity index (χ0v) is 16.1. The van der Waals surface area contributed by atoms with Crippen molar-refractivity contribution in [1.82, 2.24) is 9.97 Å². The summed E-state index contributed by atoms with van der Waals surface area (Å²) in [6.45, 7) is 2.01. The van der Waals surface area contributed by atoms with Crippen LogP contribution in [0.15, 0.2) is 60.9 Å². The van der Waals surface area contributed by atoms with Crippen LogP contribution in [0.3, 0.4) is 0 Å². The lowest BCUT2D eigenvalue weighted by molar-refractivity contribution is -0.114. The van der Waals surface area contributed by atoms with Crippen molar-refractivity contribution in [3.05, 3.63) is 72.2 Å². The molecule has 2 aromatic carbocycles. The molecule has 3 rings (SSSR count). The van der Waals surface area contributed by atoms with Gasteiger partial charge >= 0.3 is 0 Å². The van der Waals surface area contributed by atoms with Gasteiger partial charge in [-0.15, -0.1) is 0 Å². The standard InChI is InChI=1S/C21H21N5O3/c1-14(27)25-16-5-7-17(8-6-16)26-21(28)19-12-24-20(13-22-19)23-11-15-3-9-18(29-2)10-4-15/h3-10,12-13H,11H2,1-2H3,(H,23,24)(H,25,27)(H,26,28). The van der Waals surface area contributed by atoms with Gasteiger partial charge in [0.15, 0.2) is 0 Å². The first-order valence-electron chi connectivity index (χ1n) is 8.91. The Hall–Kier alpha value is -3.94. The molecule has 8 nitrogen and oxygen atoms in total. The smallest absolute Gasteiger partial charge is 0.275 e. The molecule has 148 valence electrons. The molecule has 8 heteroatoms. The van der Waals surface area contributed by atoms with E-state index in [1.54, 1.807) is 31.4 Å². The van der Waals surface area contributed by atoms with Crippen LogP contribution in [0, 0.1) is 0 Å². The first-order valence-corrected chi connectivity index (χ1v) is 8.91. The first kappa shape index (κ1) is 19.8. The van der Waals surface area contributed by atoms with E-state index in [-0.39, 0.29) is 17.5 Å². The fourth-order valence-electron chi connectivity index (χ4n) is 2.51. The number of ether oxygens (including phenoxy) is 1. The Labute approximate surface area is 168 Å². The van der Waals surface area contributed by atoms with E-state index in [4.69, 9.17) is 4.74 Å². The molecular weight excluding hydrogens is 370 g/mol. The number of carbonyl (C=O) groups is 2. The summed E-state index contributed by atoms with van der Waals surface area (Å²) >= 11 is 0. The van der Waals surface area contributed by atoms with Crippen molar-refractivity contribution in [3.63, 3.8) is 0 Å². The van der Waals surface area contributed by atoms with E-state index in [2.05, 4.69) is 25.9 Å². The largest absolute Gasteiger partial charge is 0.497 e. The third-order valence-electron chi connectivity index (χ3n) is 3.98. The first-order chi connectivity index (χ1) is 14.0. The Kier molecular flexibility index (Phi) is 6.36. The molecule has 0 saturated carbocycles. The van der Waals surface area contributed by atoms with Gasteiger partial charge < -0.3 is 20.7 Å². The van der Waals surface area contributed by atoms with E-state index < -0.39 is 0 Å². The molecule has 29 heavy (non-hydrogen) atoms. The van der Waals surface area contributed by atoms with Crippen LogP contribution in [-0.2, 0) is 11.3 Å². The molecule has 3 aromatic rings. The second-order valence-corrected chi connectivity index (χ2v) is 6.20. The number of hydrogen-bond acceptors (Lipinski definition) is 6. The molecule has 0 bridgehead atoms. The van der Waals surface area contributed by atoms with E-state index in [0.717, 1.165) is 11.3 Å². The second kappa shape index (κ2) is 9.32. The quantitative estimate of drug-likeness (QED) is 0.571. The molecule has 0 fully saturated rings. The lowest BCUT2D eigenvalue weighted by Crippen LogP contribution is -2.14. The topological polar surface area (TPSA) is 105 Å². The van der Waals surface area contributed by atoms with Crippen LogP contribution in [0.4, 0.5) is 17.2 Å². The molecule has 0 unspecified atom stereocenters. The lowest BCUT2D eigenvalue weighted by Gasteiger charge is -2.08. The molecule has 1 heterocycles. The highest BCUT2D eigenvalue weighted by Crippen LogP contribution is 2.15. The Balaban J connectivity index is 1.54. The fraction of sp³-hybridized carbons (Fsp3) is 0.143. The molecule has 0 aliphatic carbocycles. The molecule has 0 radical (unpaired) electrons. The van der Waals surface area contributed by atoms with Gasteiger partial charge in [0.2, 0.25) is 5.91 Å². The Morgan fingerprint density at radius 2 is 1.55 bits per heavy atom. The van der Waals surface area contributed by atoms with Crippen molar-refractivity contribution in [1.29, 1.82) is 0 Å². The van der Waals surface area contributed by atoms with Gasteiger partial charge in [0.1, 0.15) is 17.3 Å². The van der Waals surface area contributed by atoms with Crippen molar-refractivity contribution in [2.75, 3.05) is 23.1 Å². The average molecular weight is 391 g/mol. The predicted molar refractivity (Wildman–Crippen MR) is 111 cm³/mol. The molecule has 3 N–H and O–H groups in total. The van der Waals surface area contributed by atoms with Crippen molar-refractivity contribution in [3.8, 4) is 5.75 Å². The van der Waals surface area contributed by atoms with Gasteiger partial charge in [-0.1, -0.05) is 12.1 Å². The third-order valence-corrected chi connectivity index (χ3v) is 3.98. The maximum absolute atomic E-state index is 12.3. The summed E-state index contributed by atoms with van der Waals surface area (Å²) in [7, 11) is 1.63. The molecular formula is C21H21N5O3. The van der Waals surface area contributed by atoms with Crippen LogP contribution in [0.1, 0.15) is 23.0 Å². The van der Waals surface area contributed by atoms with Crippen molar-refractivity contribution in [2.24, 2.45) is 0 Å². The van der Waals surface area contributed by atoms with Crippen molar-refractivity contribution in [2.45, 2.75) is 13.5 Å². The van der Waals surface area contributed by atoms with E-state index in [9.17, 15) is 9.59 Å². The number of nitrogens with zero attached hydrogens (tertiary/aromatic N) is 2. The monoisotopic (exact) mass is 391 g/mol. The second-order valence-electron chi connectivity index (χ2n) is 6.20. The van der Waals surface area contributed by atoms with Crippen LogP contribution in [0.2, 0.25) is 0 Å². The number of benzene rings is 2. The molecule has 1 aromatic heterocycles. The number of carbonyl (C=O) groups excluding carboxylic acids is 2. The summed E-state index contributed by atoms with van der Waals surface area (Å²) in [5, 5.41) is 8.56. The van der Waals surface area contributed by atoms with Crippen LogP contribution in [-0.4, -0.2) is 28.9 Å². The highest BCUT2D eigenvalue weighted by atomic mass is 16.5. The summed E-state index contributed by atoms with van der Waals surface area (Å²) in [6, 6.07) is 14.5. The van der Waals surface area contributed by atoms with Crippen molar-refractivity contribution < 1.29 is 14.3 Å². The number of methoxy groups -OCH3 is 1. The Morgan fingerprint density at radius 1 is 0.897 bits per heavy atom. The average Bonchev–Trinajstić information content (AvgIpc) is 2.74. The Bertz CT molecular complexity index is 971. The Morgan fingerprint density at radius 3 is 2.10 bits per heavy atom. The van der Waals surface area contributed by atoms with Gasteiger partial charge in [-0.2, -0.15) is 0 Å². The van der Waals surface area contributed by atoms with E-state index in [1.165, 1.54) is 19.3 Å². The number of amides is 2. The van der Waals surface area contributed by atoms with Gasteiger partial charge in [-0.25, -0.2) is 9.97 Å². The maximum atomic E-state index is 12.3. The summed E-state index contributed by atoms with van der Waals surface area (Å²) in [5.41, 5.74) is 2.51.